The number of aromatic nitrogens is 2. The minimum absolute atomic E-state index is 0.0453. The molecule has 1 aromatic carbocycles. The van der Waals surface area contributed by atoms with Gasteiger partial charge in [0.15, 0.2) is 6.61 Å². The molecular formula is C16H21N3O2. The zero-order chi connectivity index (χ0) is 15.1. The molecule has 5 heteroatoms. The highest BCUT2D eigenvalue weighted by atomic mass is 16.5. The molecule has 0 saturated carbocycles. The van der Waals surface area contributed by atoms with E-state index in [0.29, 0.717) is 6.54 Å². The van der Waals surface area contributed by atoms with E-state index < -0.39 is 0 Å². The Bertz CT molecular complexity index is 559. The molecule has 1 amide bonds. The number of carbonyl (C=O) groups excluding carboxylic acids is 1. The normalized spacial score (nSPS) is 10.4. The van der Waals surface area contributed by atoms with Crippen molar-refractivity contribution in [1.29, 1.82) is 0 Å². The molecule has 2 N–H and O–H groups in total. The fourth-order valence-corrected chi connectivity index (χ4v) is 2.13. The van der Waals surface area contributed by atoms with Gasteiger partial charge < -0.3 is 15.0 Å². The molecule has 0 fully saturated rings. The monoisotopic (exact) mass is 287 g/mol. The molecule has 2 aromatic rings. The number of carbonyl (C=O) groups is 1. The number of aryl methyl sites for hydroxylation is 3. The highest BCUT2D eigenvalue weighted by molar-refractivity contribution is 5.77. The Balaban J connectivity index is 1.65. The zero-order valence-electron chi connectivity index (χ0n) is 12.5. The van der Waals surface area contributed by atoms with E-state index in [1.807, 2.05) is 26.0 Å². The molecule has 0 radical (unpaired) electrons. The minimum atomic E-state index is -0.103. The molecule has 5 nitrogen and oxygen atoms in total. The van der Waals surface area contributed by atoms with Gasteiger partial charge in [0.05, 0.1) is 0 Å². The lowest BCUT2D eigenvalue weighted by Gasteiger charge is -2.08. The first-order chi connectivity index (χ1) is 10.1. The smallest absolute Gasteiger partial charge is 0.257 e. The van der Waals surface area contributed by atoms with Gasteiger partial charge in [-0.3, -0.25) is 4.79 Å². The summed E-state index contributed by atoms with van der Waals surface area (Å²) in [6, 6.07) is 5.93. The van der Waals surface area contributed by atoms with Crippen LogP contribution in [-0.2, 0) is 11.2 Å². The summed E-state index contributed by atoms with van der Waals surface area (Å²) in [5.41, 5.74) is 2.26. The summed E-state index contributed by atoms with van der Waals surface area (Å²) in [5.74, 6) is 1.57. The van der Waals surface area contributed by atoms with Crippen LogP contribution in [0, 0.1) is 13.8 Å². The van der Waals surface area contributed by atoms with E-state index in [1.165, 1.54) is 0 Å². The Morgan fingerprint density at radius 2 is 2.05 bits per heavy atom. The van der Waals surface area contributed by atoms with E-state index >= 15 is 0 Å². The first-order valence-electron chi connectivity index (χ1n) is 7.09. The van der Waals surface area contributed by atoms with Crippen LogP contribution in [0.5, 0.6) is 5.75 Å². The van der Waals surface area contributed by atoms with E-state index in [9.17, 15) is 4.79 Å². The third-order valence-corrected chi connectivity index (χ3v) is 3.03. The van der Waals surface area contributed by atoms with Crippen molar-refractivity contribution >= 4 is 5.91 Å². The highest BCUT2D eigenvalue weighted by Crippen LogP contribution is 2.15. The maximum Gasteiger partial charge on any atom is 0.257 e. The fourth-order valence-electron chi connectivity index (χ4n) is 2.13. The SMILES string of the molecule is Cc1cc(C)cc(OCC(=O)NCCCc2ncc[nH]2)c1. The number of aromatic amines is 1. The Kier molecular flexibility index (Phi) is 5.37. The number of benzene rings is 1. The standard InChI is InChI=1S/C16H21N3O2/c1-12-8-13(2)10-14(9-12)21-11-16(20)19-5-3-4-15-17-6-7-18-15/h6-10H,3-5,11H2,1-2H3,(H,17,18)(H,19,20). The second-order valence-corrected chi connectivity index (χ2v) is 5.10. The lowest BCUT2D eigenvalue weighted by Crippen LogP contribution is -2.30. The molecule has 0 aliphatic rings. The molecule has 0 spiro atoms. The van der Waals surface area contributed by atoms with E-state index in [2.05, 4.69) is 21.4 Å². The fraction of sp³-hybridized carbons (Fsp3) is 0.375. The summed E-state index contributed by atoms with van der Waals surface area (Å²) in [5, 5.41) is 2.84. The van der Waals surface area contributed by atoms with Crippen molar-refractivity contribution in [2.24, 2.45) is 0 Å². The van der Waals surface area contributed by atoms with Crippen LogP contribution in [0.1, 0.15) is 23.4 Å². The molecule has 0 atom stereocenters. The Morgan fingerprint density at radius 1 is 1.29 bits per heavy atom. The molecule has 0 aliphatic heterocycles. The summed E-state index contributed by atoms with van der Waals surface area (Å²) < 4.78 is 5.50. The number of H-pyrrole nitrogens is 1. The van der Waals surface area contributed by atoms with E-state index in [1.54, 1.807) is 12.4 Å². The van der Waals surface area contributed by atoms with Crippen molar-refractivity contribution in [1.82, 2.24) is 15.3 Å². The first kappa shape index (κ1) is 15.1. The van der Waals surface area contributed by atoms with Crippen LogP contribution in [0.15, 0.2) is 30.6 Å². The number of imidazole rings is 1. The molecule has 0 bridgehead atoms. The quantitative estimate of drug-likeness (QED) is 0.767. The highest BCUT2D eigenvalue weighted by Gasteiger charge is 2.03. The third kappa shape index (κ3) is 5.30. The van der Waals surface area contributed by atoms with Crippen LogP contribution >= 0.6 is 0 Å². The predicted octanol–water partition coefficient (Wildman–Crippen LogP) is 2.15. The molecule has 0 aliphatic carbocycles. The van der Waals surface area contributed by atoms with Crippen LogP contribution in [-0.4, -0.2) is 29.0 Å². The maximum absolute atomic E-state index is 11.7. The maximum atomic E-state index is 11.7. The van der Waals surface area contributed by atoms with E-state index in [-0.39, 0.29) is 12.5 Å². The van der Waals surface area contributed by atoms with Crippen LogP contribution < -0.4 is 10.1 Å². The molecule has 1 aromatic heterocycles. The number of rotatable bonds is 7. The molecule has 0 unspecified atom stereocenters. The van der Waals surface area contributed by atoms with Gasteiger partial charge in [0.2, 0.25) is 0 Å². The van der Waals surface area contributed by atoms with Gasteiger partial charge in [0, 0.05) is 25.4 Å². The second kappa shape index (κ2) is 7.47. The molecule has 112 valence electrons. The Hall–Kier alpha value is -2.30. The van der Waals surface area contributed by atoms with Crippen molar-refractivity contribution in [3.8, 4) is 5.75 Å². The summed E-state index contributed by atoms with van der Waals surface area (Å²) in [7, 11) is 0. The van der Waals surface area contributed by atoms with Crippen molar-refractivity contribution in [3.05, 3.63) is 47.5 Å². The molecular weight excluding hydrogens is 266 g/mol. The summed E-state index contributed by atoms with van der Waals surface area (Å²) >= 11 is 0. The summed E-state index contributed by atoms with van der Waals surface area (Å²) in [6.07, 6.45) is 5.20. The van der Waals surface area contributed by atoms with Crippen molar-refractivity contribution < 1.29 is 9.53 Å². The van der Waals surface area contributed by atoms with Crippen molar-refractivity contribution in [3.63, 3.8) is 0 Å². The number of nitrogens with one attached hydrogen (secondary N) is 2. The van der Waals surface area contributed by atoms with Crippen LogP contribution in [0.3, 0.4) is 0 Å². The Morgan fingerprint density at radius 3 is 2.71 bits per heavy atom. The number of amides is 1. The number of hydrogen-bond acceptors (Lipinski definition) is 3. The minimum Gasteiger partial charge on any atom is -0.484 e. The van der Waals surface area contributed by atoms with Crippen molar-refractivity contribution in [2.45, 2.75) is 26.7 Å². The number of hydrogen-bond donors (Lipinski definition) is 2. The van der Waals surface area contributed by atoms with E-state index in [0.717, 1.165) is 35.5 Å². The topological polar surface area (TPSA) is 67.0 Å². The first-order valence-corrected chi connectivity index (χ1v) is 7.09. The van der Waals surface area contributed by atoms with Crippen LogP contribution in [0.2, 0.25) is 0 Å². The third-order valence-electron chi connectivity index (χ3n) is 3.03. The van der Waals surface area contributed by atoms with Gasteiger partial charge in [-0.25, -0.2) is 4.98 Å². The lowest BCUT2D eigenvalue weighted by molar-refractivity contribution is -0.123. The van der Waals surface area contributed by atoms with E-state index in [4.69, 9.17) is 4.74 Å². The van der Waals surface area contributed by atoms with Crippen LogP contribution in [0.25, 0.3) is 0 Å². The van der Waals surface area contributed by atoms with Gasteiger partial charge in [0.25, 0.3) is 5.91 Å². The van der Waals surface area contributed by atoms with Gasteiger partial charge in [-0.15, -0.1) is 0 Å². The van der Waals surface area contributed by atoms with Gasteiger partial charge in [-0.05, 0) is 43.5 Å². The lowest BCUT2D eigenvalue weighted by atomic mass is 10.1. The largest absolute Gasteiger partial charge is 0.484 e. The molecule has 2 rings (SSSR count). The number of nitrogens with zero attached hydrogens (tertiary/aromatic N) is 1. The predicted molar refractivity (Wildman–Crippen MR) is 81.3 cm³/mol. The summed E-state index contributed by atoms with van der Waals surface area (Å²) in [4.78, 5) is 18.9. The zero-order valence-corrected chi connectivity index (χ0v) is 12.5. The Labute approximate surface area is 124 Å². The van der Waals surface area contributed by atoms with Gasteiger partial charge >= 0.3 is 0 Å². The number of ether oxygens (including phenoxy) is 1. The van der Waals surface area contributed by atoms with Gasteiger partial charge in [0.1, 0.15) is 11.6 Å². The summed E-state index contributed by atoms with van der Waals surface area (Å²) in [6.45, 7) is 4.68. The van der Waals surface area contributed by atoms with Gasteiger partial charge in [-0.2, -0.15) is 0 Å². The molecule has 1 heterocycles. The molecule has 0 saturated heterocycles. The average Bonchev–Trinajstić information content (AvgIpc) is 2.93. The van der Waals surface area contributed by atoms with Gasteiger partial charge in [-0.1, -0.05) is 6.07 Å². The average molecular weight is 287 g/mol. The van der Waals surface area contributed by atoms with Crippen molar-refractivity contribution in [2.75, 3.05) is 13.2 Å². The molecule has 21 heavy (non-hydrogen) atoms. The second-order valence-electron chi connectivity index (χ2n) is 5.10. The van der Waals surface area contributed by atoms with Crippen LogP contribution in [0.4, 0.5) is 0 Å².